The summed E-state index contributed by atoms with van der Waals surface area (Å²) in [5.41, 5.74) is -8.29. The first-order chi connectivity index (χ1) is 34.2. The van der Waals surface area contributed by atoms with E-state index >= 15 is 14.4 Å². The Kier molecular flexibility index (Phi) is 13.7. The molecule has 6 unspecified atom stereocenters. The van der Waals surface area contributed by atoms with Gasteiger partial charge in [0, 0.05) is 19.3 Å². The van der Waals surface area contributed by atoms with Gasteiger partial charge in [0.15, 0.2) is 0 Å². The van der Waals surface area contributed by atoms with Crippen molar-refractivity contribution >= 4 is 35.8 Å². The Bertz CT molecular complexity index is 2110. The van der Waals surface area contributed by atoms with E-state index in [4.69, 9.17) is 28.4 Å². The molecule has 1 aliphatic heterocycles. The molecule has 12 saturated carbocycles. The largest absolute Gasteiger partial charge is 0.465 e. The number of aliphatic hydroxyl groups is 1. The molecule has 1 saturated heterocycles. The number of carbonyl (C=O) groups is 6. The highest BCUT2D eigenvalue weighted by atomic mass is 16.6. The molecule has 13 rings (SSSR count). The highest BCUT2D eigenvalue weighted by Gasteiger charge is 2.63. The Morgan fingerprint density at radius 1 is 0.685 bits per heavy atom. The molecule has 0 aromatic carbocycles. The van der Waals surface area contributed by atoms with E-state index in [-0.39, 0.29) is 86.8 Å². The number of ether oxygens (including phenoxy) is 6. The SMILES string of the molecule is CCC(CC(C)(CC(C)(CC(C)(C)C(=O)OC12CC3CC(CC(O)(C3)C1)C2)C(=O)OC1CCOC1=O)C(=O)OC(C)(C)CCOC(=O)C12CC3CC(CC(C3)C1)C2)C(=O)OC1(C(C)C)C2CC3CC(C2)CC1C3. The molecule has 13 aliphatic rings. The number of carbonyl (C=O) groups excluding carboxylic acids is 6. The predicted octanol–water partition coefficient (Wildman–Crippen LogP) is 10.6. The lowest BCUT2D eigenvalue weighted by Crippen LogP contribution is -2.62. The van der Waals surface area contributed by atoms with Crippen molar-refractivity contribution < 1.29 is 62.3 Å². The van der Waals surface area contributed by atoms with Crippen LogP contribution in [0.1, 0.15) is 210 Å². The van der Waals surface area contributed by atoms with Gasteiger partial charge in [-0.2, -0.15) is 0 Å². The van der Waals surface area contributed by atoms with Crippen LogP contribution in [0.25, 0.3) is 0 Å². The Morgan fingerprint density at radius 3 is 1.77 bits per heavy atom. The molecule has 13 fully saturated rings. The van der Waals surface area contributed by atoms with Gasteiger partial charge < -0.3 is 33.5 Å². The topological polar surface area (TPSA) is 178 Å². The molecule has 13 heteroatoms. The Labute approximate surface area is 435 Å². The standard InChI is InChI=1S/C60H90O13/c1-10-43(47(61)71-60(35(2)3)44-20-36-15-37(22-44)23-45(60)21-36)31-55(8,51(65)72-54(6,7)12-14-69-52(66)57-24-38-16-39(25-57)18-40(17-38)26-57)33-56(9,50(64)70-46-11-13-68-48(46)62)32-53(4,5)49(63)73-59-29-41-19-42(30-59)28-58(67,27-41)34-59/h35-46,67H,10-34H2,1-9H3. The molecule has 0 aromatic rings. The summed E-state index contributed by atoms with van der Waals surface area (Å²) in [5, 5.41) is 11.6. The van der Waals surface area contributed by atoms with Crippen molar-refractivity contribution in [3.8, 4) is 0 Å². The second-order valence-corrected chi connectivity index (χ2v) is 29.2. The van der Waals surface area contributed by atoms with E-state index in [1.807, 2.05) is 6.92 Å². The lowest BCUT2D eigenvalue weighted by molar-refractivity contribution is -0.229. The minimum absolute atomic E-state index is 0.0172. The fourth-order valence-electron chi connectivity index (χ4n) is 19.5. The number of cyclic esters (lactones) is 1. The van der Waals surface area contributed by atoms with E-state index < -0.39 is 80.0 Å². The van der Waals surface area contributed by atoms with Gasteiger partial charge in [0.25, 0.3) is 0 Å². The average molecular weight is 1020 g/mol. The van der Waals surface area contributed by atoms with Crippen LogP contribution in [0.3, 0.4) is 0 Å². The van der Waals surface area contributed by atoms with E-state index in [1.54, 1.807) is 41.5 Å². The van der Waals surface area contributed by atoms with Gasteiger partial charge in [-0.3, -0.25) is 24.0 Å². The molecule has 0 radical (unpaired) electrons. The Morgan fingerprint density at radius 2 is 1.25 bits per heavy atom. The number of hydrogen-bond acceptors (Lipinski definition) is 13. The smallest absolute Gasteiger partial charge is 0.347 e. The molecule has 1 heterocycles. The van der Waals surface area contributed by atoms with Crippen molar-refractivity contribution in [1.82, 2.24) is 0 Å². The summed E-state index contributed by atoms with van der Waals surface area (Å²) >= 11 is 0. The summed E-state index contributed by atoms with van der Waals surface area (Å²) in [6.45, 7) is 17.0. The highest BCUT2D eigenvalue weighted by molar-refractivity contribution is 5.86. The lowest BCUT2D eigenvalue weighted by atomic mass is 9.47. The van der Waals surface area contributed by atoms with Crippen LogP contribution in [0.2, 0.25) is 0 Å². The van der Waals surface area contributed by atoms with Crippen LogP contribution in [0.15, 0.2) is 0 Å². The van der Waals surface area contributed by atoms with E-state index in [2.05, 4.69) is 13.8 Å². The van der Waals surface area contributed by atoms with E-state index in [9.17, 15) is 19.5 Å². The first kappa shape index (κ1) is 53.2. The maximum atomic E-state index is 15.5. The summed E-state index contributed by atoms with van der Waals surface area (Å²) in [6.07, 6.45) is 15.3. The normalized spacial score (nSPS) is 40.7. The molecule has 408 valence electrons. The van der Waals surface area contributed by atoms with Gasteiger partial charge in [-0.05, 0) is 229 Å². The monoisotopic (exact) mass is 1020 g/mol. The van der Waals surface area contributed by atoms with Crippen molar-refractivity contribution in [2.24, 2.45) is 86.8 Å². The van der Waals surface area contributed by atoms with Gasteiger partial charge in [0.1, 0.15) is 16.8 Å². The number of hydrogen-bond donors (Lipinski definition) is 1. The summed E-state index contributed by atoms with van der Waals surface area (Å²) in [4.78, 5) is 87.1. The van der Waals surface area contributed by atoms with Crippen LogP contribution in [-0.2, 0) is 57.2 Å². The molecule has 13 nitrogen and oxygen atoms in total. The molecule has 73 heavy (non-hydrogen) atoms. The van der Waals surface area contributed by atoms with Gasteiger partial charge >= 0.3 is 35.8 Å². The molecular weight excluding hydrogens is 929 g/mol. The van der Waals surface area contributed by atoms with Crippen molar-refractivity contribution in [3.63, 3.8) is 0 Å². The molecule has 1 N–H and O–H groups in total. The number of rotatable bonds is 20. The van der Waals surface area contributed by atoms with Crippen molar-refractivity contribution in [3.05, 3.63) is 0 Å². The minimum atomic E-state index is -1.61. The second kappa shape index (κ2) is 18.8. The average Bonchev–Trinajstić information content (AvgIpc) is 3.67. The first-order valence-electron chi connectivity index (χ1n) is 29.1. The maximum absolute atomic E-state index is 15.5. The zero-order valence-corrected chi connectivity index (χ0v) is 46.0. The third-order valence-corrected chi connectivity index (χ3v) is 21.5. The fraction of sp³-hybridized carbons (Fsp3) is 0.900. The fourth-order valence-corrected chi connectivity index (χ4v) is 19.5. The molecule has 12 aliphatic carbocycles. The summed E-state index contributed by atoms with van der Waals surface area (Å²) in [7, 11) is 0. The molecule has 0 amide bonds. The molecule has 12 bridgehead atoms. The summed E-state index contributed by atoms with van der Waals surface area (Å²) < 4.78 is 37.4. The van der Waals surface area contributed by atoms with Gasteiger partial charge in [-0.1, -0.05) is 20.8 Å². The van der Waals surface area contributed by atoms with Crippen molar-refractivity contribution in [2.75, 3.05) is 13.2 Å². The molecule has 0 aromatic heterocycles. The summed E-state index contributed by atoms with van der Waals surface area (Å²) in [5.74, 6) is 0.510. The highest BCUT2D eigenvalue weighted by Crippen LogP contribution is 2.64. The third-order valence-electron chi connectivity index (χ3n) is 21.5. The van der Waals surface area contributed by atoms with Gasteiger partial charge in [-0.15, -0.1) is 0 Å². The molecular formula is C60H90O13. The predicted molar refractivity (Wildman–Crippen MR) is 269 cm³/mol. The quantitative estimate of drug-likeness (QED) is 0.0901. The van der Waals surface area contributed by atoms with Crippen molar-refractivity contribution in [1.29, 1.82) is 0 Å². The van der Waals surface area contributed by atoms with E-state index in [1.165, 1.54) is 25.7 Å². The van der Waals surface area contributed by atoms with E-state index in [0.29, 0.717) is 68.1 Å². The number of esters is 6. The zero-order valence-electron chi connectivity index (χ0n) is 46.0. The second-order valence-electron chi connectivity index (χ2n) is 29.2. The van der Waals surface area contributed by atoms with Crippen LogP contribution in [-0.4, -0.2) is 82.6 Å². The van der Waals surface area contributed by atoms with E-state index in [0.717, 1.165) is 51.4 Å². The zero-order chi connectivity index (χ0) is 52.3. The molecule has 0 spiro atoms. The maximum Gasteiger partial charge on any atom is 0.347 e. The minimum Gasteiger partial charge on any atom is -0.465 e. The van der Waals surface area contributed by atoms with Crippen LogP contribution >= 0.6 is 0 Å². The summed E-state index contributed by atoms with van der Waals surface area (Å²) in [6, 6.07) is 0. The van der Waals surface area contributed by atoms with Crippen LogP contribution in [0.5, 0.6) is 0 Å². The van der Waals surface area contributed by atoms with Crippen LogP contribution < -0.4 is 0 Å². The lowest BCUT2D eigenvalue weighted by Gasteiger charge is -2.62. The van der Waals surface area contributed by atoms with Gasteiger partial charge in [-0.25, -0.2) is 4.79 Å². The van der Waals surface area contributed by atoms with Gasteiger partial charge in [0.05, 0.1) is 46.4 Å². The van der Waals surface area contributed by atoms with Crippen LogP contribution in [0, 0.1) is 86.8 Å². The van der Waals surface area contributed by atoms with Crippen LogP contribution in [0.4, 0.5) is 0 Å². The Balaban J connectivity index is 0.919. The first-order valence-corrected chi connectivity index (χ1v) is 29.1. The Hall–Kier alpha value is -3.22. The third kappa shape index (κ3) is 10.0. The van der Waals surface area contributed by atoms with Crippen molar-refractivity contribution in [2.45, 2.75) is 239 Å². The molecule has 6 atom stereocenters. The van der Waals surface area contributed by atoms with Gasteiger partial charge in [0.2, 0.25) is 6.10 Å².